The molecule has 0 spiro atoms. The van der Waals surface area contributed by atoms with E-state index in [1.807, 2.05) is 6.92 Å². The standard InChI is InChI=1S/C11H11ClN2O/c1-6-11(13)9-4-3-8(12)5-10(9)15-7(2)14-6/h3-5,7,13-14H,1H2,2H3. The zero-order chi connectivity index (χ0) is 11.0. The Morgan fingerprint density at radius 3 is 3.00 bits per heavy atom. The van der Waals surface area contributed by atoms with Gasteiger partial charge in [0.1, 0.15) is 5.75 Å². The number of fused-ring (bicyclic) bond motifs is 1. The number of hydrogen-bond acceptors (Lipinski definition) is 3. The smallest absolute Gasteiger partial charge is 0.167 e. The van der Waals surface area contributed by atoms with Gasteiger partial charge in [0.25, 0.3) is 0 Å². The first kappa shape index (κ1) is 10.1. The van der Waals surface area contributed by atoms with E-state index in [-0.39, 0.29) is 6.23 Å². The van der Waals surface area contributed by atoms with Crippen LogP contribution in [0, 0.1) is 5.41 Å². The highest BCUT2D eigenvalue weighted by Gasteiger charge is 2.19. The topological polar surface area (TPSA) is 45.1 Å². The number of rotatable bonds is 0. The van der Waals surface area contributed by atoms with Gasteiger partial charge >= 0.3 is 0 Å². The molecule has 0 amide bonds. The lowest BCUT2D eigenvalue weighted by atomic mass is 10.1. The lowest BCUT2D eigenvalue weighted by Crippen LogP contribution is -2.30. The van der Waals surface area contributed by atoms with Crippen LogP contribution >= 0.6 is 11.6 Å². The van der Waals surface area contributed by atoms with Gasteiger partial charge in [-0.2, -0.15) is 0 Å². The summed E-state index contributed by atoms with van der Waals surface area (Å²) >= 11 is 5.87. The second-order valence-electron chi connectivity index (χ2n) is 3.40. The molecule has 1 aromatic carbocycles. The van der Waals surface area contributed by atoms with Gasteiger partial charge in [-0.05, 0) is 25.1 Å². The molecule has 1 unspecified atom stereocenters. The predicted octanol–water partition coefficient (Wildman–Crippen LogP) is 2.55. The van der Waals surface area contributed by atoms with Crippen molar-refractivity contribution >= 4 is 17.3 Å². The summed E-state index contributed by atoms with van der Waals surface area (Å²) in [5.74, 6) is 0.617. The van der Waals surface area contributed by atoms with Crippen molar-refractivity contribution in [2.24, 2.45) is 0 Å². The third kappa shape index (κ3) is 1.83. The highest BCUT2D eigenvalue weighted by Crippen LogP contribution is 2.27. The Morgan fingerprint density at radius 1 is 1.53 bits per heavy atom. The average Bonchev–Trinajstić information content (AvgIpc) is 2.25. The molecular formula is C11H11ClN2O. The monoisotopic (exact) mass is 222 g/mol. The number of halogens is 1. The fourth-order valence-electron chi connectivity index (χ4n) is 1.50. The Hall–Kier alpha value is -1.48. The first-order chi connectivity index (χ1) is 7.08. The summed E-state index contributed by atoms with van der Waals surface area (Å²) in [5.41, 5.74) is 1.61. The summed E-state index contributed by atoms with van der Waals surface area (Å²) in [6.45, 7) is 5.63. The summed E-state index contributed by atoms with van der Waals surface area (Å²) in [4.78, 5) is 0. The Kier molecular flexibility index (Phi) is 2.40. The van der Waals surface area contributed by atoms with Crippen molar-refractivity contribution in [2.45, 2.75) is 13.2 Å². The van der Waals surface area contributed by atoms with E-state index in [4.69, 9.17) is 21.7 Å². The van der Waals surface area contributed by atoms with Crippen LogP contribution in [0.1, 0.15) is 12.5 Å². The SMILES string of the molecule is C=C1NC(C)Oc2cc(Cl)ccc2C1=N. The molecule has 1 aromatic rings. The van der Waals surface area contributed by atoms with Crippen LogP contribution in [-0.4, -0.2) is 11.9 Å². The molecule has 1 heterocycles. The summed E-state index contributed by atoms with van der Waals surface area (Å²) in [5, 5.41) is 11.5. The van der Waals surface area contributed by atoms with Crippen LogP contribution in [-0.2, 0) is 0 Å². The highest BCUT2D eigenvalue weighted by molar-refractivity contribution is 6.31. The maximum absolute atomic E-state index is 7.89. The first-order valence-electron chi connectivity index (χ1n) is 4.59. The van der Waals surface area contributed by atoms with E-state index in [1.54, 1.807) is 18.2 Å². The van der Waals surface area contributed by atoms with Crippen LogP contribution in [0.3, 0.4) is 0 Å². The second kappa shape index (κ2) is 3.59. The minimum atomic E-state index is -0.211. The molecule has 0 aromatic heterocycles. The number of allylic oxidation sites excluding steroid dienone is 1. The second-order valence-corrected chi connectivity index (χ2v) is 3.83. The van der Waals surface area contributed by atoms with Crippen molar-refractivity contribution in [1.82, 2.24) is 5.32 Å². The molecule has 2 rings (SSSR count). The Labute approximate surface area is 93.2 Å². The summed E-state index contributed by atoms with van der Waals surface area (Å²) in [6.07, 6.45) is -0.211. The highest BCUT2D eigenvalue weighted by atomic mass is 35.5. The molecule has 4 heteroatoms. The van der Waals surface area contributed by atoms with Crippen molar-refractivity contribution in [1.29, 1.82) is 5.41 Å². The van der Waals surface area contributed by atoms with E-state index in [9.17, 15) is 0 Å². The number of hydrogen-bond donors (Lipinski definition) is 2. The minimum Gasteiger partial charge on any atom is -0.470 e. The van der Waals surface area contributed by atoms with Crippen molar-refractivity contribution in [2.75, 3.05) is 0 Å². The molecule has 0 radical (unpaired) electrons. The quantitative estimate of drug-likeness (QED) is 0.709. The molecule has 0 saturated carbocycles. The lowest BCUT2D eigenvalue weighted by molar-refractivity contribution is 0.201. The lowest BCUT2D eigenvalue weighted by Gasteiger charge is -2.13. The predicted molar refractivity (Wildman–Crippen MR) is 60.6 cm³/mol. The van der Waals surface area contributed by atoms with E-state index in [0.717, 1.165) is 0 Å². The van der Waals surface area contributed by atoms with Gasteiger partial charge < -0.3 is 10.1 Å². The number of ether oxygens (including phenoxy) is 1. The molecule has 2 N–H and O–H groups in total. The maximum Gasteiger partial charge on any atom is 0.167 e. The van der Waals surface area contributed by atoms with Gasteiger partial charge in [-0.3, -0.25) is 5.41 Å². The molecule has 1 aliphatic heterocycles. The van der Waals surface area contributed by atoms with Gasteiger partial charge in [0.05, 0.1) is 11.4 Å². The van der Waals surface area contributed by atoms with E-state index >= 15 is 0 Å². The van der Waals surface area contributed by atoms with Gasteiger partial charge in [0, 0.05) is 10.6 Å². The average molecular weight is 223 g/mol. The van der Waals surface area contributed by atoms with Gasteiger partial charge in [0.2, 0.25) is 0 Å². The van der Waals surface area contributed by atoms with E-state index in [1.165, 1.54) is 0 Å². The van der Waals surface area contributed by atoms with Crippen molar-refractivity contribution in [3.63, 3.8) is 0 Å². The maximum atomic E-state index is 7.89. The van der Waals surface area contributed by atoms with E-state index in [0.29, 0.717) is 27.7 Å². The van der Waals surface area contributed by atoms with E-state index in [2.05, 4.69) is 11.9 Å². The molecular weight excluding hydrogens is 212 g/mol. The molecule has 0 saturated heterocycles. The molecule has 0 bridgehead atoms. The molecule has 1 atom stereocenters. The number of benzene rings is 1. The third-order valence-corrected chi connectivity index (χ3v) is 2.43. The van der Waals surface area contributed by atoms with Gasteiger partial charge in [-0.25, -0.2) is 0 Å². The third-order valence-electron chi connectivity index (χ3n) is 2.20. The minimum absolute atomic E-state index is 0.211. The van der Waals surface area contributed by atoms with Crippen LogP contribution in [0.15, 0.2) is 30.5 Å². The molecule has 15 heavy (non-hydrogen) atoms. The summed E-state index contributed by atoms with van der Waals surface area (Å²) in [6, 6.07) is 5.22. The van der Waals surface area contributed by atoms with Gasteiger partial charge in [-0.1, -0.05) is 18.2 Å². The van der Waals surface area contributed by atoms with Gasteiger partial charge in [-0.15, -0.1) is 0 Å². The zero-order valence-corrected chi connectivity index (χ0v) is 9.06. The fourth-order valence-corrected chi connectivity index (χ4v) is 1.66. The molecule has 78 valence electrons. The Morgan fingerprint density at radius 2 is 2.27 bits per heavy atom. The van der Waals surface area contributed by atoms with Gasteiger partial charge in [0.15, 0.2) is 6.23 Å². The Bertz CT molecular complexity index is 442. The van der Waals surface area contributed by atoms with Crippen LogP contribution in [0.4, 0.5) is 0 Å². The van der Waals surface area contributed by atoms with Crippen LogP contribution in [0.2, 0.25) is 5.02 Å². The Balaban J connectivity index is 2.54. The first-order valence-corrected chi connectivity index (χ1v) is 4.96. The number of nitrogens with one attached hydrogen (secondary N) is 2. The summed E-state index contributed by atoms with van der Waals surface area (Å²) < 4.78 is 5.58. The van der Waals surface area contributed by atoms with Crippen molar-refractivity contribution in [3.05, 3.63) is 41.1 Å². The fraction of sp³-hybridized carbons (Fsp3) is 0.182. The van der Waals surface area contributed by atoms with Crippen molar-refractivity contribution in [3.8, 4) is 5.75 Å². The molecule has 0 fully saturated rings. The molecule has 1 aliphatic rings. The molecule has 0 aliphatic carbocycles. The molecule has 3 nitrogen and oxygen atoms in total. The largest absolute Gasteiger partial charge is 0.470 e. The van der Waals surface area contributed by atoms with Crippen LogP contribution in [0.5, 0.6) is 5.75 Å². The summed E-state index contributed by atoms with van der Waals surface area (Å²) in [7, 11) is 0. The van der Waals surface area contributed by atoms with Crippen LogP contribution in [0.25, 0.3) is 0 Å². The van der Waals surface area contributed by atoms with Crippen LogP contribution < -0.4 is 10.1 Å². The normalized spacial score (nSPS) is 20.0. The zero-order valence-electron chi connectivity index (χ0n) is 8.30. The van der Waals surface area contributed by atoms with Crippen molar-refractivity contribution < 1.29 is 4.74 Å². The van der Waals surface area contributed by atoms with E-state index < -0.39 is 0 Å².